The largest absolute Gasteiger partial charge is 0.381 e. The lowest BCUT2D eigenvalue weighted by atomic mass is 10.0. The smallest absolute Gasteiger partial charge is 0.228 e. The molecule has 0 unspecified atom stereocenters. The minimum absolute atomic E-state index is 0.0700. The number of amides is 1. The Bertz CT molecular complexity index is 485. The zero-order valence-electron chi connectivity index (χ0n) is 13.8. The third-order valence-electron chi connectivity index (χ3n) is 4.77. The summed E-state index contributed by atoms with van der Waals surface area (Å²) >= 11 is 0. The molecule has 126 valence electrons. The number of hydrogen-bond acceptors (Lipinski definition) is 3. The van der Waals surface area contributed by atoms with Crippen LogP contribution in [-0.2, 0) is 20.7 Å². The highest BCUT2D eigenvalue weighted by Crippen LogP contribution is 2.21. The summed E-state index contributed by atoms with van der Waals surface area (Å²) in [5, 5.41) is 0. The molecule has 23 heavy (non-hydrogen) atoms. The Labute approximate surface area is 138 Å². The first-order chi connectivity index (χ1) is 11.3. The van der Waals surface area contributed by atoms with Crippen LogP contribution < -0.4 is 0 Å². The molecule has 2 heterocycles. The van der Waals surface area contributed by atoms with Crippen molar-refractivity contribution in [3.63, 3.8) is 0 Å². The highest BCUT2D eigenvalue weighted by Gasteiger charge is 2.32. The summed E-state index contributed by atoms with van der Waals surface area (Å²) in [7, 11) is 0. The van der Waals surface area contributed by atoms with Crippen molar-refractivity contribution in [3.8, 4) is 0 Å². The van der Waals surface area contributed by atoms with E-state index in [2.05, 4.69) is 24.3 Å². The number of nitrogens with zero attached hydrogens (tertiary/aromatic N) is 1. The lowest BCUT2D eigenvalue weighted by Gasteiger charge is -2.26. The Morgan fingerprint density at radius 2 is 2.13 bits per heavy atom. The average molecular weight is 317 g/mol. The van der Waals surface area contributed by atoms with Crippen molar-refractivity contribution >= 4 is 5.91 Å². The predicted molar refractivity (Wildman–Crippen MR) is 89.2 cm³/mol. The number of rotatable bonds is 6. The monoisotopic (exact) mass is 317 g/mol. The molecule has 0 aromatic heterocycles. The van der Waals surface area contributed by atoms with Crippen LogP contribution >= 0.6 is 0 Å². The Morgan fingerprint density at radius 1 is 1.26 bits per heavy atom. The second kappa shape index (κ2) is 8.46. The van der Waals surface area contributed by atoms with Gasteiger partial charge in [-0.1, -0.05) is 30.3 Å². The van der Waals surface area contributed by atoms with Gasteiger partial charge in [0.2, 0.25) is 5.91 Å². The summed E-state index contributed by atoms with van der Waals surface area (Å²) in [5.74, 6) is 0.334. The van der Waals surface area contributed by atoms with Gasteiger partial charge in [-0.3, -0.25) is 4.79 Å². The van der Waals surface area contributed by atoms with Gasteiger partial charge in [0.25, 0.3) is 0 Å². The molecule has 4 nitrogen and oxygen atoms in total. The van der Waals surface area contributed by atoms with Crippen molar-refractivity contribution in [2.24, 2.45) is 5.92 Å². The average Bonchev–Trinajstić information content (AvgIpc) is 3.09. The van der Waals surface area contributed by atoms with E-state index < -0.39 is 0 Å². The van der Waals surface area contributed by atoms with E-state index in [0.717, 1.165) is 58.4 Å². The Kier molecular flexibility index (Phi) is 6.06. The predicted octanol–water partition coefficient (Wildman–Crippen LogP) is 2.66. The molecule has 2 aliphatic heterocycles. The molecular formula is C19H27NO3. The maximum atomic E-state index is 12.5. The van der Waals surface area contributed by atoms with E-state index in [1.54, 1.807) is 0 Å². The maximum Gasteiger partial charge on any atom is 0.228 e. The number of benzene rings is 1. The molecule has 2 atom stereocenters. The van der Waals surface area contributed by atoms with Gasteiger partial charge in [-0.25, -0.2) is 0 Å². The zero-order chi connectivity index (χ0) is 15.9. The fourth-order valence-electron chi connectivity index (χ4n) is 3.43. The van der Waals surface area contributed by atoms with Crippen LogP contribution in [0.1, 0.15) is 31.2 Å². The molecule has 2 saturated heterocycles. The zero-order valence-corrected chi connectivity index (χ0v) is 13.8. The minimum atomic E-state index is 0.0700. The SMILES string of the molecule is O=C([C@@H]1CCCOC1)N1CC[C@@H](OCCCc2ccccc2)C1. The van der Waals surface area contributed by atoms with Crippen LogP contribution in [0.15, 0.2) is 30.3 Å². The molecule has 0 spiro atoms. The molecule has 1 aromatic carbocycles. The van der Waals surface area contributed by atoms with E-state index in [-0.39, 0.29) is 17.9 Å². The second-order valence-electron chi connectivity index (χ2n) is 6.57. The van der Waals surface area contributed by atoms with Crippen molar-refractivity contribution in [2.75, 3.05) is 32.9 Å². The normalized spacial score (nSPS) is 24.8. The van der Waals surface area contributed by atoms with Gasteiger partial charge in [0.1, 0.15) is 0 Å². The van der Waals surface area contributed by atoms with Crippen molar-refractivity contribution in [2.45, 2.75) is 38.2 Å². The molecule has 4 heteroatoms. The van der Waals surface area contributed by atoms with Gasteiger partial charge in [0, 0.05) is 26.3 Å². The molecule has 2 aliphatic rings. The summed E-state index contributed by atoms with van der Waals surface area (Å²) in [6.45, 7) is 3.75. The number of hydrogen-bond donors (Lipinski definition) is 0. The first kappa shape index (κ1) is 16.5. The fraction of sp³-hybridized carbons (Fsp3) is 0.632. The molecule has 1 amide bonds. The van der Waals surface area contributed by atoms with Crippen LogP contribution in [0.4, 0.5) is 0 Å². The van der Waals surface area contributed by atoms with Crippen LogP contribution in [0.25, 0.3) is 0 Å². The van der Waals surface area contributed by atoms with Crippen LogP contribution in [-0.4, -0.2) is 49.8 Å². The van der Waals surface area contributed by atoms with Crippen molar-refractivity contribution in [1.29, 1.82) is 0 Å². The Balaban J connectivity index is 1.34. The van der Waals surface area contributed by atoms with Gasteiger partial charge in [0.15, 0.2) is 0 Å². The van der Waals surface area contributed by atoms with Gasteiger partial charge in [-0.15, -0.1) is 0 Å². The number of aryl methyl sites for hydroxylation is 1. The van der Waals surface area contributed by atoms with E-state index in [1.807, 2.05) is 11.0 Å². The van der Waals surface area contributed by atoms with E-state index >= 15 is 0 Å². The van der Waals surface area contributed by atoms with Gasteiger partial charge in [-0.2, -0.15) is 0 Å². The number of carbonyl (C=O) groups is 1. The number of ether oxygens (including phenoxy) is 2. The van der Waals surface area contributed by atoms with Gasteiger partial charge in [0.05, 0.1) is 18.6 Å². The number of likely N-dealkylation sites (tertiary alicyclic amines) is 1. The van der Waals surface area contributed by atoms with Crippen LogP contribution in [0.3, 0.4) is 0 Å². The standard InChI is InChI=1S/C19H27NO3/c21-19(17-9-5-12-22-15-17)20-11-10-18(14-20)23-13-4-8-16-6-2-1-3-7-16/h1-3,6-7,17-18H,4-5,8-15H2/t17-,18-/m1/s1. The maximum absolute atomic E-state index is 12.5. The third-order valence-corrected chi connectivity index (χ3v) is 4.77. The quantitative estimate of drug-likeness (QED) is 0.757. The lowest BCUT2D eigenvalue weighted by Crippen LogP contribution is -2.38. The molecule has 0 N–H and O–H groups in total. The summed E-state index contributed by atoms with van der Waals surface area (Å²) in [6, 6.07) is 10.5. The first-order valence-electron chi connectivity index (χ1n) is 8.85. The van der Waals surface area contributed by atoms with Crippen LogP contribution in [0.2, 0.25) is 0 Å². The molecular weight excluding hydrogens is 290 g/mol. The topological polar surface area (TPSA) is 38.8 Å². The summed E-state index contributed by atoms with van der Waals surface area (Å²) in [4.78, 5) is 14.4. The summed E-state index contributed by atoms with van der Waals surface area (Å²) < 4.78 is 11.4. The molecule has 2 fully saturated rings. The van der Waals surface area contributed by atoms with Gasteiger partial charge >= 0.3 is 0 Å². The van der Waals surface area contributed by atoms with Crippen molar-refractivity contribution in [1.82, 2.24) is 4.90 Å². The summed E-state index contributed by atoms with van der Waals surface area (Å²) in [6.07, 6.45) is 5.23. The third kappa shape index (κ3) is 4.79. The molecule has 0 saturated carbocycles. The van der Waals surface area contributed by atoms with E-state index in [4.69, 9.17) is 9.47 Å². The minimum Gasteiger partial charge on any atom is -0.381 e. The summed E-state index contributed by atoms with van der Waals surface area (Å²) in [5.41, 5.74) is 1.36. The second-order valence-corrected chi connectivity index (χ2v) is 6.57. The van der Waals surface area contributed by atoms with Crippen LogP contribution in [0.5, 0.6) is 0 Å². The lowest BCUT2D eigenvalue weighted by molar-refractivity contribution is -0.139. The first-order valence-corrected chi connectivity index (χ1v) is 8.85. The van der Waals surface area contributed by atoms with E-state index in [0.29, 0.717) is 6.61 Å². The van der Waals surface area contributed by atoms with E-state index in [9.17, 15) is 4.79 Å². The highest BCUT2D eigenvalue weighted by molar-refractivity contribution is 5.79. The molecule has 0 aliphatic carbocycles. The highest BCUT2D eigenvalue weighted by atomic mass is 16.5. The van der Waals surface area contributed by atoms with Crippen LogP contribution in [0, 0.1) is 5.92 Å². The molecule has 1 aromatic rings. The fourth-order valence-corrected chi connectivity index (χ4v) is 3.43. The van der Waals surface area contributed by atoms with Gasteiger partial charge in [-0.05, 0) is 37.7 Å². The van der Waals surface area contributed by atoms with Crippen molar-refractivity contribution in [3.05, 3.63) is 35.9 Å². The number of carbonyl (C=O) groups excluding carboxylic acids is 1. The van der Waals surface area contributed by atoms with Crippen molar-refractivity contribution < 1.29 is 14.3 Å². The molecule has 0 bridgehead atoms. The molecule has 0 radical (unpaired) electrons. The molecule has 3 rings (SSSR count). The van der Waals surface area contributed by atoms with Gasteiger partial charge < -0.3 is 14.4 Å². The Hall–Kier alpha value is -1.39. The Morgan fingerprint density at radius 3 is 2.91 bits per heavy atom. The van der Waals surface area contributed by atoms with E-state index in [1.165, 1.54) is 5.56 Å².